The van der Waals surface area contributed by atoms with E-state index in [9.17, 15) is 0 Å². The fourth-order valence-electron chi connectivity index (χ4n) is 2.85. The number of aromatic nitrogens is 1. The predicted molar refractivity (Wildman–Crippen MR) is 78.5 cm³/mol. The third-order valence-electron chi connectivity index (χ3n) is 3.92. The lowest BCUT2D eigenvalue weighted by atomic mass is 10.0. The Kier molecular flexibility index (Phi) is 3.59. The van der Waals surface area contributed by atoms with Gasteiger partial charge < -0.3 is 19.3 Å². The highest BCUT2D eigenvalue weighted by molar-refractivity contribution is 5.45. The molecule has 1 aromatic carbocycles. The van der Waals surface area contributed by atoms with Gasteiger partial charge in [-0.1, -0.05) is 11.2 Å². The van der Waals surface area contributed by atoms with E-state index in [-0.39, 0.29) is 12.1 Å². The van der Waals surface area contributed by atoms with Crippen molar-refractivity contribution in [2.24, 2.45) is 0 Å². The Labute approximate surface area is 124 Å². The molecule has 2 atom stereocenters. The third-order valence-corrected chi connectivity index (χ3v) is 3.92. The van der Waals surface area contributed by atoms with Crippen LogP contribution >= 0.6 is 0 Å². The van der Waals surface area contributed by atoms with Gasteiger partial charge in [0, 0.05) is 17.6 Å². The second-order valence-corrected chi connectivity index (χ2v) is 5.46. The SMILES string of the molecule is Cc1noc(C)c1C(C)NC(C)c1ccc2c(c1)OCO2. The van der Waals surface area contributed by atoms with Gasteiger partial charge in [0.1, 0.15) is 5.76 Å². The first-order valence-corrected chi connectivity index (χ1v) is 7.14. The van der Waals surface area contributed by atoms with Crippen LogP contribution in [0.5, 0.6) is 11.5 Å². The number of aryl methyl sites for hydroxylation is 2. The summed E-state index contributed by atoms with van der Waals surface area (Å²) in [4.78, 5) is 0. The van der Waals surface area contributed by atoms with E-state index in [0.717, 1.165) is 34.1 Å². The number of benzene rings is 1. The molecule has 1 aliphatic rings. The Morgan fingerprint density at radius 3 is 2.57 bits per heavy atom. The van der Waals surface area contributed by atoms with Crippen molar-refractivity contribution < 1.29 is 14.0 Å². The number of nitrogens with one attached hydrogen (secondary N) is 1. The van der Waals surface area contributed by atoms with Crippen molar-refractivity contribution in [1.29, 1.82) is 0 Å². The monoisotopic (exact) mass is 288 g/mol. The summed E-state index contributed by atoms with van der Waals surface area (Å²) in [5.74, 6) is 2.49. The van der Waals surface area contributed by atoms with E-state index in [0.29, 0.717) is 6.79 Å². The molecule has 0 bridgehead atoms. The highest BCUT2D eigenvalue weighted by atomic mass is 16.7. The zero-order chi connectivity index (χ0) is 15.0. The Morgan fingerprint density at radius 1 is 1.10 bits per heavy atom. The fraction of sp³-hybridized carbons (Fsp3) is 0.438. The summed E-state index contributed by atoms with van der Waals surface area (Å²) in [6.07, 6.45) is 0. The average Bonchev–Trinajstić information content (AvgIpc) is 3.04. The minimum absolute atomic E-state index is 0.164. The summed E-state index contributed by atoms with van der Waals surface area (Å²) in [6.45, 7) is 8.46. The Balaban J connectivity index is 1.75. The van der Waals surface area contributed by atoms with Crippen molar-refractivity contribution in [3.05, 3.63) is 40.8 Å². The molecular formula is C16H20N2O3. The van der Waals surface area contributed by atoms with Crippen molar-refractivity contribution in [1.82, 2.24) is 10.5 Å². The van der Waals surface area contributed by atoms with Crippen LogP contribution in [0.3, 0.4) is 0 Å². The number of hydrogen-bond donors (Lipinski definition) is 1. The predicted octanol–water partition coefficient (Wildman–Crippen LogP) is 3.43. The molecule has 1 N–H and O–H groups in total. The Bertz CT molecular complexity index is 631. The highest BCUT2D eigenvalue weighted by Crippen LogP contribution is 2.34. The van der Waals surface area contributed by atoms with Gasteiger partial charge in [-0.3, -0.25) is 0 Å². The van der Waals surface area contributed by atoms with E-state index in [1.54, 1.807) is 0 Å². The first-order chi connectivity index (χ1) is 10.1. The van der Waals surface area contributed by atoms with Gasteiger partial charge in [0.2, 0.25) is 6.79 Å². The molecule has 1 aliphatic heterocycles. The van der Waals surface area contributed by atoms with Crippen molar-refractivity contribution in [2.45, 2.75) is 39.8 Å². The second-order valence-electron chi connectivity index (χ2n) is 5.46. The summed E-state index contributed by atoms with van der Waals surface area (Å²) in [5, 5.41) is 7.59. The van der Waals surface area contributed by atoms with Crippen LogP contribution in [0, 0.1) is 13.8 Å². The normalized spacial score (nSPS) is 16.0. The van der Waals surface area contributed by atoms with Gasteiger partial charge in [-0.2, -0.15) is 0 Å². The molecule has 112 valence electrons. The minimum Gasteiger partial charge on any atom is -0.454 e. The van der Waals surface area contributed by atoms with Crippen LogP contribution in [0.25, 0.3) is 0 Å². The zero-order valence-corrected chi connectivity index (χ0v) is 12.8. The molecule has 2 heterocycles. The maximum absolute atomic E-state index is 5.43. The van der Waals surface area contributed by atoms with Gasteiger partial charge in [0.05, 0.1) is 5.69 Å². The van der Waals surface area contributed by atoms with Crippen LogP contribution in [0.1, 0.15) is 48.5 Å². The maximum atomic E-state index is 5.43. The molecule has 2 aromatic rings. The molecule has 0 saturated carbocycles. The van der Waals surface area contributed by atoms with Gasteiger partial charge in [0.15, 0.2) is 11.5 Å². The smallest absolute Gasteiger partial charge is 0.231 e. The summed E-state index contributed by atoms with van der Waals surface area (Å²) in [7, 11) is 0. The first-order valence-electron chi connectivity index (χ1n) is 7.14. The molecule has 0 aliphatic carbocycles. The van der Waals surface area contributed by atoms with Crippen LogP contribution in [-0.2, 0) is 0 Å². The molecule has 5 heteroatoms. The number of rotatable bonds is 4. The molecule has 0 amide bonds. The van der Waals surface area contributed by atoms with Gasteiger partial charge >= 0.3 is 0 Å². The number of nitrogens with zero attached hydrogens (tertiary/aromatic N) is 1. The number of ether oxygens (including phenoxy) is 2. The van der Waals surface area contributed by atoms with Crippen LogP contribution in [0.2, 0.25) is 0 Å². The van der Waals surface area contributed by atoms with E-state index in [1.807, 2.05) is 26.0 Å². The Hall–Kier alpha value is -2.01. The third kappa shape index (κ3) is 2.61. The van der Waals surface area contributed by atoms with Gasteiger partial charge in [-0.15, -0.1) is 0 Å². The number of fused-ring (bicyclic) bond motifs is 1. The molecule has 0 radical (unpaired) electrons. The first kappa shape index (κ1) is 13.9. The average molecular weight is 288 g/mol. The van der Waals surface area contributed by atoms with E-state index >= 15 is 0 Å². The standard InChI is InChI=1S/C16H20N2O3/c1-9(13-5-6-14-15(7-13)20-8-19-14)17-10(2)16-11(3)18-21-12(16)4/h5-7,9-10,17H,8H2,1-4H3. The molecular weight excluding hydrogens is 268 g/mol. The molecule has 21 heavy (non-hydrogen) atoms. The van der Waals surface area contributed by atoms with Crippen LogP contribution < -0.4 is 14.8 Å². The van der Waals surface area contributed by atoms with E-state index in [1.165, 1.54) is 0 Å². The zero-order valence-electron chi connectivity index (χ0n) is 12.8. The quantitative estimate of drug-likeness (QED) is 0.934. The molecule has 5 nitrogen and oxygen atoms in total. The van der Waals surface area contributed by atoms with Gasteiger partial charge in [0.25, 0.3) is 0 Å². The van der Waals surface area contributed by atoms with Crippen molar-refractivity contribution in [2.75, 3.05) is 6.79 Å². The number of hydrogen-bond acceptors (Lipinski definition) is 5. The van der Waals surface area contributed by atoms with Gasteiger partial charge in [-0.05, 0) is 45.4 Å². The lowest BCUT2D eigenvalue weighted by molar-refractivity contribution is 0.174. The van der Waals surface area contributed by atoms with Crippen molar-refractivity contribution >= 4 is 0 Å². The summed E-state index contributed by atoms with van der Waals surface area (Å²) >= 11 is 0. The molecule has 0 saturated heterocycles. The molecule has 0 spiro atoms. The lowest BCUT2D eigenvalue weighted by Gasteiger charge is -2.20. The summed E-state index contributed by atoms with van der Waals surface area (Å²) < 4.78 is 16.0. The van der Waals surface area contributed by atoms with E-state index in [4.69, 9.17) is 14.0 Å². The largest absolute Gasteiger partial charge is 0.454 e. The topological polar surface area (TPSA) is 56.5 Å². The molecule has 3 rings (SSSR count). The molecule has 0 fully saturated rings. The maximum Gasteiger partial charge on any atom is 0.231 e. The minimum atomic E-state index is 0.164. The second kappa shape index (κ2) is 5.41. The molecule has 2 unspecified atom stereocenters. The van der Waals surface area contributed by atoms with Gasteiger partial charge in [-0.25, -0.2) is 0 Å². The van der Waals surface area contributed by atoms with Crippen LogP contribution in [0.15, 0.2) is 22.7 Å². The van der Waals surface area contributed by atoms with E-state index in [2.05, 4.69) is 30.4 Å². The summed E-state index contributed by atoms with van der Waals surface area (Å²) in [6, 6.07) is 6.39. The lowest BCUT2D eigenvalue weighted by Crippen LogP contribution is -2.23. The highest BCUT2D eigenvalue weighted by Gasteiger charge is 2.20. The van der Waals surface area contributed by atoms with Crippen molar-refractivity contribution in [3.8, 4) is 11.5 Å². The van der Waals surface area contributed by atoms with Crippen molar-refractivity contribution in [3.63, 3.8) is 0 Å². The fourth-order valence-corrected chi connectivity index (χ4v) is 2.85. The molecule has 1 aromatic heterocycles. The van der Waals surface area contributed by atoms with E-state index < -0.39 is 0 Å². The van der Waals surface area contributed by atoms with Crippen LogP contribution in [0.4, 0.5) is 0 Å². The summed E-state index contributed by atoms with van der Waals surface area (Å²) in [5.41, 5.74) is 3.23. The Morgan fingerprint density at radius 2 is 1.86 bits per heavy atom. The van der Waals surface area contributed by atoms with Crippen LogP contribution in [-0.4, -0.2) is 11.9 Å².